The Kier molecular flexibility index (Phi) is 9.95. The van der Waals surface area contributed by atoms with Gasteiger partial charge in [0.2, 0.25) is 5.91 Å². The monoisotopic (exact) mass is 504 g/mol. The minimum atomic E-state index is -0.855. The summed E-state index contributed by atoms with van der Waals surface area (Å²) in [6.45, 7) is 11.3. The van der Waals surface area contributed by atoms with Crippen molar-refractivity contribution in [2.75, 3.05) is 11.9 Å². The maximum atomic E-state index is 12.8. The molecular formula is C31H40N2O4. The lowest BCUT2D eigenvalue weighted by molar-refractivity contribution is -0.137. The van der Waals surface area contributed by atoms with Gasteiger partial charge in [0.25, 0.3) is 0 Å². The van der Waals surface area contributed by atoms with E-state index in [1.165, 1.54) is 10.9 Å². The summed E-state index contributed by atoms with van der Waals surface area (Å²) in [7, 11) is 0. The van der Waals surface area contributed by atoms with Gasteiger partial charge in [0, 0.05) is 35.6 Å². The summed E-state index contributed by atoms with van der Waals surface area (Å²) >= 11 is 0. The van der Waals surface area contributed by atoms with Crippen LogP contribution in [0.3, 0.4) is 0 Å². The fraction of sp³-hybridized carbons (Fsp3) is 0.419. The third-order valence-corrected chi connectivity index (χ3v) is 6.34. The first-order chi connectivity index (χ1) is 17.6. The molecule has 198 valence electrons. The van der Waals surface area contributed by atoms with Gasteiger partial charge in [-0.1, -0.05) is 45.9 Å². The van der Waals surface area contributed by atoms with E-state index in [0.717, 1.165) is 24.0 Å². The van der Waals surface area contributed by atoms with Crippen LogP contribution < -0.4 is 10.1 Å². The SMILES string of the molecule is CC(=CC(=O)Nc1ccccc1OCCCC(=O)O)c1ccc2c(ccn2C(CC(C)C)CC(C)C)c1. The fourth-order valence-electron chi connectivity index (χ4n) is 4.69. The quantitative estimate of drug-likeness (QED) is 0.186. The van der Waals surface area contributed by atoms with Crippen molar-refractivity contribution >= 4 is 34.0 Å². The lowest BCUT2D eigenvalue weighted by atomic mass is 9.95. The molecule has 3 rings (SSSR count). The smallest absolute Gasteiger partial charge is 0.303 e. The molecule has 0 aliphatic heterocycles. The fourth-order valence-corrected chi connectivity index (χ4v) is 4.69. The summed E-state index contributed by atoms with van der Waals surface area (Å²) in [5, 5.41) is 12.9. The first-order valence-electron chi connectivity index (χ1n) is 13.2. The number of carbonyl (C=O) groups excluding carboxylic acids is 1. The minimum absolute atomic E-state index is 0.0420. The van der Waals surface area contributed by atoms with Crippen molar-refractivity contribution in [3.05, 3.63) is 66.4 Å². The van der Waals surface area contributed by atoms with Crippen LogP contribution in [0.2, 0.25) is 0 Å². The van der Waals surface area contributed by atoms with Gasteiger partial charge in [0.1, 0.15) is 5.75 Å². The number of para-hydroxylation sites is 2. The standard InChI is InChI=1S/C31H40N2O4/c1-21(2)17-26(18-22(3)4)33-15-14-25-20-24(12-13-28(25)33)23(5)19-30(34)32-27-9-6-7-10-29(27)37-16-8-11-31(35)36/h6-7,9-10,12-15,19-22,26H,8,11,16-18H2,1-5H3,(H,32,34)(H,35,36). The average Bonchev–Trinajstić information content (AvgIpc) is 3.25. The molecular weight excluding hydrogens is 464 g/mol. The number of ether oxygens (including phenoxy) is 1. The normalized spacial score (nSPS) is 12.1. The molecule has 37 heavy (non-hydrogen) atoms. The Bertz CT molecular complexity index is 1230. The number of nitrogens with one attached hydrogen (secondary N) is 1. The molecule has 0 bridgehead atoms. The van der Waals surface area contributed by atoms with Crippen LogP contribution in [0.5, 0.6) is 5.75 Å². The highest BCUT2D eigenvalue weighted by atomic mass is 16.5. The van der Waals surface area contributed by atoms with Gasteiger partial charge in [-0.2, -0.15) is 0 Å². The zero-order chi connectivity index (χ0) is 26.9. The van der Waals surface area contributed by atoms with Crippen LogP contribution in [0.1, 0.15) is 71.9 Å². The van der Waals surface area contributed by atoms with E-state index in [-0.39, 0.29) is 18.9 Å². The molecule has 1 aromatic heterocycles. The number of aromatic nitrogens is 1. The molecule has 2 N–H and O–H groups in total. The summed E-state index contributed by atoms with van der Waals surface area (Å²) in [6.07, 6.45) is 6.53. The number of carboxylic acid groups (broad SMARTS) is 1. The second-order valence-electron chi connectivity index (χ2n) is 10.6. The van der Waals surface area contributed by atoms with Crippen molar-refractivity contribution in [1.82, 2.24) is 4.57 Å². The first-order valence-corrected chi connectivity index (χ1v) is 13.2. The van der Waals surface area contributed by atoms with E-state index < -0.39 is 5.97 Å². The van der Waals surface area contributed by atoms with E-state index in [4.69, 9.17) is 9.84 Å². The van der Waals surface area contributed by atoms with Crippen molar-refractivity contribution in [2.24, 2.45) is 11.8 Å². The number of carboxylic acids is 1. The van der Waals surface area contributed by atoms with Gasteiger partial charge in [0.05, 0.1) is 12.3 Å². The number of hydrogen-bond donors (Lipinski definition) is 2. The Labute approximate surface area is 220 Å². The molecule has 2 aromatic carbocycles. The minimum Gasteiger partial charge on any atom is -0.491 e. The summed E-state index contributed by atoms with van der Waals surface area (Å²) in [4.78, 5) is 23.5. The highest BCUT2D eigenvalue weighted by Gasteiger charge is 2.17. The Morgan fingerprint density at radius 1 is 1.03 bits per heavy atom. The Morgan fingerprint density at radius 2 is 1.73 bits per heavy atom. The number of hydrogen-bond acceptors (Lipinski definition) is 3. The Hall–Kier alpha value is -3.54. The Balaban J connectivity index is 1.73. The highest BCUT2D eigenvalue weighted by molar-refractivity contribution is 6.04. The lowest BCUT2D eigenvalue weighted by Crippen LogP contribution is -2.13. The molecule has 6 nitrogen and oxygen atoms in total. The van der Waals surface area contributed by atoms with Crippen LogP contribution in [-0.4, -0.2) is 28.2 Å². The van der Waals surface area contributed by atoms with Gasteiger partial charge in [-0.25, -0.2) is 0 Å². The van der Waals surface area contributed by atoms with Crippen molar-refractivity contribution < 1.29 is 19.4 Å². The molecule has 1 heterocycles. The molecule has 0 saturated heterocycles. The number of rotatable bonds is 13. The maximum Gasteiger partial charge on any atom is 0.303 e. The highest BCUT2D eigenvalue weighted by Crippen LogP contribution is 2.31. The molecule has 0 atom stereocenters. The van der Waals surface area contributed by atoms with Gasteiger partial charge in [-0.3, -0.25) is 9.59 Å². The van der Waals surface area contributed by atoms with E-state index in [1.807, 2.05) is 19.1 Å². The van der Waals surface area contributed by atoms with Crippen molar-refractivity contribution in [1.29, 1.82) is 0 Å². The lowest BCUT2D eigenvalue weighted by Gasteiger charge is -2.24. The number of nitrogens with zero attached hydrogens (tertiary/aromatic N) is 1. The van der Waals surface area contributed by atoms with Crippen LogP contribution in [0, 0.1) is 11.8 Å². The summed E-state index contributed by atoms with van der Waals surface area (Å²) in [6, 6.07) is 16.2. The average molecular weight is 505 g/mol. The molecule has 0 spiro atoms. The second kappa shape index (κ2) is 13.1. The van der Waals surface area contributed by atoms with E-state index in [9.17, 15) is 9.59 Å². The second-order valence-corrected chi connectivity index (χ2v) is 10.6. The van der Waals surface area contributed by atoms with Crippen LogP contribution >= 0.6 is 0 Å². The first kappa shape index (κ1) is 28.0. The zero-order valence-corrected chi connectivity index (χ0v) is 22.7. The van der Waals surface area contributed by atoms with E-state index >= 15 is 0 Å². The van der Waals surface area contributed by atoms with E-state index in [2.05, 4.69) is 68.0 Å². The molecule has 0 fully saturated rings. The molecule has 6 heteroatoms. The van der Waals surface area contributed by atoms with Crippen molar-refractivity contribution in [3.63, 3.8) is 0 Å². The molecule has 0 aliphatic rings. The van der Waals surface area contributed by atoms with Crippen molar-refractivity contribution in [2.45, 2.75) is 66.3 Å². The van der Waals surface area contributed by atoms with E-state index in [0.29, 0.717) is 35.7 Å². The zero-order valence-electron chi connectivity index (χ0n) is 22.7. The van der Waals surface area contributed by atoms with Gasteiger partial charge >= 0.3 is 5.97 Å². The molecule has 1 amide bonds. The number of amides is 1. The number of fused-ring (bicyclic) bond motifs is 1. The van der Waals surface area contributed by atoms with Gasteiger partial charge in [-0.05, 0) is 79.5 Å². The van der Waals surface area contributed by atoms with E-state index in [1.54, 1.807) is 18.2 Å². The molecule has 3 aromatic rings. The van der Waals surface area contributed by atoms with Crippen LogP contribution in [0.4, 0.5) is 5.69 Å². The van der Waals surface area contributed by atoms with Crippen LogP contribution in [-0.2, 0) is 9.59 Å². The van der Waals surface area contributed by atoms with Crippen molar-refractivity contribution in [3.8, 4) is 5.75 Å². The van der Waals surface area contributed by atoms with Gasteiger partial charge < -0.3 is 19.7 Å². The molecule has 0 unspecified atom stereocenters. The predicted octanol–water partition coefficient (Wildman–Crippen LogP) is 7.56. The molecule has 0 aliphatic carbocycles. The summed E-state index contributed by atoms with van der Waals surface area (Å²) in [5.74, 6) is 0.679. The largest absolute Gasteiger partial charge is 0.491 e. The van der Waals surface area contributed by atoms with Crippen LogP contribution in [0.25, 0.3) is 16.5 Å². The van der Waals surface area contributed by atoms with Gasteiger partial charge in [-0.15, -0.1) is 0 Å². The topological polar surface area (TPSA) is 80.6 Å². The third kappa shape index (κ3) is 8.24. The number of benzene rings is 2. The number of anilines is 1. The molecule has 0 radical (unpaired) electrons. The Morgan fingerprint density at radius 3 is 2.41 bits per heavy atom. The third-order valence-electron chi connectivity index (χ3n) is 6.34. The summed E-state index contributed by atoms with van der Waals surface area (Å²) in [5.41, 5.74) is 3.65. The summed E-state index contributed by atoms with van der Waals surface area (Å²) < 4.78 is 8.11. The van der Waals surface area contributed by atoms with Gasteiger partial charge in [0.15, 0.2) is 0 Å². The van der Waals surface area contributed by atoms with Crippen LogP contribution in [0.15, 0.2) is 60.8 Å². The number of carbonyl (C=O) groups is 2. The number of allylic oxidation sites excluding steroid dienone is 1. The molecule has 0 saturated carbocycles. The number of aliphatic carboxylic acids is 1. The predicted molar refractivity (Wildman–Crippen MR) is 151 cm³/mol. The maximum absolute atomic E-state index is 12.8.